The van der Waals surface area contributed by atoms with Gasteiger partial charge in [-0.1, -0.05) is 19.3 Å². The van der Waals surface area contributed by atoms with Crippen LogP contribution < -0.4 is 5.32 Å². The molecular weight excluding hydrogens is 272 g/mol. The SMILES string of the molecule is O=C(O)CC1(CNC(=O)c2ncccc2O)CCCCC1. The van der Waals surface area contributed by atoms with Crippen LogP contribution in [0.5, 0.6) is 5.75 Å². The number of aromatic nitrogens is 1. The van der Waals surface area contributed by atoms with Gasteiger partial charge in [0, 0.05) is 12.7 Å². The van der Waals surface area contributed by atoms with Gasteiger partial charge in [0.2, 0.25) is 0 Å². The maximum atomic E-state index is 12.1. The number of hydrogen-bond donors (Lipinski definition) is 3. The summed E-state index contributed by atoms with van der Waals surface area (Å²) in [6.07, 6.45) is 6.16. The van der Waals surface area contributed by atoms with Crippen molar-refractivity contribution in [3.05, 3.63) is 24.0 Å². The molecule has 0 saturated heterocycles. The maximum Gasteiger partial charge on any atom is 0.303 e. The van der Waals surface area contributed by atoms with Crippen molar-refractivity contribution in [2.75, 3.05) is 6.54 Å². The number of pyridine rings is 1. The van der Waals surface area contributed by atoms with Gasteiger partial charge in [0.25, 0.3) is 5.91 Å². The average molecular weight is 292 g/mol. The fraction of sp³-hybridized carbons (Fsp3) is 0.533. The minimum absolute atomic E-state index is 0.0289. The van der Waals surface area contributed by atoms with E-state index in [9.17, 15) is 14.7 Å². The zero-order valence-corrected chi connectivity index (χ0v) is 11.8. The van der Waals surface area contributed by atoms with Crippen LogP contribution in [-0.2, 0) is 4.79 Å². The average Bonchev–Trinajstić information content (AvgIpc) is 2.46. The Morgan fingerprint density at radius 3 is 2.62 bits per heavy atom. The van der Waals surface area contributed by atoms with E-state index in [-0.39, 0.29) is 23.3 Å². The molecule has 1 aliphatic rings. The highest BCUT2D eigenvalue weighted by molar-refractivity contribution is 5.94. The van der Waals surface area contributed by atoms with Gasteiger partial charge in [0.15, 0.2) is 5.69 Å². The Balaban J connectivity index is 2.03. The standard InChI is InChI=1S/C15H20N2O4/c18-11-5-4-8-16-13(11)14(21)17-10-15(9-12(19)20)6-2-1-3-7-15/h4-5,8,18H,1-3,6-7,9-10H2,(H,17,21)(H,19,20). The molecule has 0 spiro atoms. The van der Waals surface area contributed by atoms with Gasteiger partial charge in [-0.05, 0) is 30.4 Å². The number of carbonyl (C=O) groups excluding carboxylic acids is 1. The summed E-state index contributed by atoms with van der Waals surface area (Å²) in [6, 6.07) is 2.94. The van der Waals surface area contributed by atoms with Gasteiger partial charge >= 0.3 is 5.97 Å². The number of aliphatic carboxylic acids is 1. The number of aromatic hydroxyl groups is 1. The first-order chi connectivity index (χ1) is 10.0. The van der Waals surface area contributed by atoms with Crippen LogP contribution in [0.25, 0.3) is 0 Å². The number of nitrogens with zero attached hydrogens (tertiary/aromatic N) is 1. The summed E-state index contributed by atoms with van der Waals surface area (Å²) in [5, 5.41) is 21.4. The van der Waals surface area contributed by atoms with Crippen LogP contribution in [-0.4, -0.2) is 33.6 Å². The van der Waals surface area contributed by atoms with E-state index in [1.54, 1.807) is 6.07 Å². The molecular formula is C15H20N2O4. The Kier molecular flexibility index (Phi) is 4.77. The van der Waals surface area contributed by atoms with E-state index in [1.807, 2.05) is 0 Å². The molecule has 1 aliphatic carbocycles. The second kappa shape index (κ2) is 6.56. The van der Waals surface area contributed by atoms with E-state index in [0.717, 1.165) is 32.1 Å². The van der Waals surface area contributed by atoms with E-state index in [1.165, 1.54) is 12.3 Å². The van der Waals surface area contributed by atoms with Crippen molar-refractivity contribution in [1.82, 2.24) is 10.3 Å². The highest BCUT2D eigenvalue weighted by Crippen LogP contribution is 2.38. The van der Waals surface area contributed by atoms with Crippen LogP contribution in [0.1, 0.15) is 49.0 Å². The molecule has 0 unspecified atom stereocenters. The van der Waals surface area contributed by atoms with Crippen molar-refractivity contribution in [3.63, 3.8) is 0 Å². The molecule has 0 aliphatic heterocycles. The minimum atomic E-state index is -0.841. The maximum absolute atomic E-state index is 12.1. The normalized spacial score (nSPS) is 17.1. The molecule has 0 atom stereocenters. The molecule has 1 aromatic rings. The molecule has 6 heteroatoms. The zero-order chi connectivity index (χ0) is 15.3. The third-order valence-electron chi connectivity index (χ3n) is 4.07. The number of carboxylic acid groups (broad SMARTS) is 1. The molecule has 2 rings (SSSR count). The Morgan fingerprint density at radius 1 is 1.29 bits per heavy atom. The summed E-state index contributed by atoms with van der Waals surface area (Å²) in [4.78, 5) is 27.0. The second-order valence-corrected chi connectivity index (χ2v) is 5.68. The monoisotopic (exact) mass is 292 g/mol. The minimum Gasteiger partial charge on any atom is -0.505 e. The molecule has 1 amide bonds. The van der Waals surface area contributed by atoms with E-state index < -0.39 is 11.9 Å². The van der Waals surface area contributed by atoms with Crippen LogP contribution >= 0.6 is 0 Å². The third-order valence-corrected chi connectivity index (χ3v) is 4.07. The van der Waals surface area contributed by atoms with Gasteiger partial charge in [-0.15, -0.1) is 0 Å². The number of amides is 1. The predicted molar refractivity (Wildman–Crippen MR) is 76.0 cm³/mol. The third kappa shape index (κ3) is 3.93. The van der Waals surface area contributed by atoms with Crippen molar-refractivity contribution in [2.45, 2.75) is 38.5 Å². The summed E-state index contributed by atoms with van der Waals surface area (Å²) >= 11 is 0. The molecule has 6 nitrogen and oxygen atoms in total. The molecule has 0 bridgehead atoms. The number of rotatable bonds is 5. The van der Waals surface area contributed by atoms with Gasteiger partial charge in [-0.3, -0.25) is 9.59 Å². The first-order valence-corrected chi connectivity index (χ1v) is 7.16. The first-order valence-electron chi connectivity index (χ1n) is 7.16. The highest BCUT2D eigenvalue weighted by atomic mass is 16.4. The van der Waals surface area contributed by atoms with Crippen LogP contribution in [0.4, 0.5) is 0 Å². The number of carboxylic acids is 1. The van der Waals surface area contributed by atoms with E-state index >= 15 is 0 Å². The first kappa shape index (κ1) is 15.3. The van der Waals surface area contributed by atoms with E-state index in [2.05, 4.69) is 10.3 Å². The Bertz CT molecular complexity index is 524. The van der Waals surface area contributed by atoms with Gasteiger partial charge < -0.3 is 15.5 Å². The molecule has 1 aromatic heterocycles. The fourth-order valence-electron chi connectivity index (χ4n) is 2.96. The molecule has 0 radical (unpaired) electrons. The van der Waals surface area contributed by atoms with Crippen molar-refractivity contribution in [1.29, 1.82) is 0 Å². The van der Waals surface area contributed by atoms with Crippen molar-refractivity contribution >= 4 is 11.9 Å². The number of nitrogens with one attached hydrogen (secondary N) is 1. The zero-order valence-electron chi connectivity index (χ0n) is 11.8. The van der Waals surface area contributed by atoms with Crippen molar-refractivity contribution in [2.24, 2.45) is 5.41 Å². The number of carbonyl (C=O) groups is 2. The second-order valence-electron chi connectivity index (χ2n) is 5.68. The fourth-order valence-corrected chi connectivity index (χ4v) is 2.96. The summed E-state index contributed by atoms with van der Waals surface area (Å²) in [6.45, 7) is 0.300. The van der Waals surface area contributed by atoms with Crippen LogP contribution in [0, 0.1) is 5.41 Å². The molecule has 1 saturated carbocycles. The van der Waals surface area contributed by atoms with Crippen LogP contribution in [0.15, 0.2) is 18.3 Å². The molecule has 0 aromatic carbocycles. The molecule has 3 N–H and O–H groups in total. The van der Waals surface area contributed by atoms with Crippen molar-refractivity contribution < 1.29 is 19.8 Å². The Morgan fingerprint density at radius 2 is 2.00 bits per heavy atom. The topological polar surface area (TPSA) is 99.5 Å². The predicted octanol–water partition coefficient (Wildman–Crippen LogP) is 1.94. The quantitative estimate of drug-likeness (QED) is 0.770. The lowest BCUT2D eigenvalue weighted by Crippen LogP contribution is -2.40. The summed E-state index contributed by atoms with van der Waals surface area (Å²) in [5.41, 5.74) is -0.414. The smallest absolute Gasteiger partial charge is 0.303 e. The summed E-state index contributed by atoms with van der Waals surface area (Å²) in [7, 11) is 0. The van der Waals surface area contributed by atoms with Gasteiger partial charge in [-0.25, -0.2) is 4.98 Å². The molecule has 1 heterocycles. The summed E-state index contributed by atoms with van der Waals surface area (Å²) < 4.78 is 0. The van der Waals surface area contributed by atoms with E-state index in [4.69, 9.17) is 5.11 Å². The summed E-state index contributed by atoms with van der Waals surface area (Å²) in [5.74, 6) is -1.49. The van der Waals surface area contributed by atoms with Crippen LogP contribution in [0.3, 0.4) is 0 Å². The molecule has 1 fully saturated rings. The van der Waals surface area contributed by atoms with Crippen LogP contribution in [0.2, 0.25) is 0 Å². The number of hydrogen-bond acceptors (Lipinski definition) is 4. The Labute approximate surface area is 123 Å². The van der Waals surface area contributed by atoms with Gasteiger partial charge in [-0.2, -0.15) is 0 Å². The van der Waals surface area contributed by atoms with Gasteiger partial charge in [0.05, 0.1) is 6.42 Å². The lowest BCUT2D eigenvalue weighted by atomic mass is 9.71. The van der Waals surface area contributed by atoms with Crippen molar-refractivity contribution in [3.8, 4) is 5.75 Å². The lowest BCUT2D eigenvalue weighted by molar-refractivity contribution is -0.140. The molecule has 21 heavy (non-hydrogen) atoms. The largest absolute Gasteiger partial charge is 0.505 e. The Hall–Kier alpha value is -2.11. The van der Waals surface area contributed by atoms with Gasteiger partial charge in [0.1, 0.15) is 5.75 Å². The highest BCUT2D eigenvalue weighted by Gasteiger charge is 2.35. The lowest BCUT2D eigenvalue weighted by Gasteiger charge is -2.36. The van der Waals surface area contributed by atoms with E-state index in [0.29, 0.717) is 6.54 Å². The molecule has 114 valence electrons.